The van der Waals surface area contributed by atoms with Crippen molar-refractivity contribution in [3.05, 3.63) is 34.6 Å². The summed E-state index contributed by atoms with van der Waals surface area (Å²) in [7, 11) is 0. The van der Waals surface area contributed by atoms with Crippen LogP contribution in [0, 0.1) is 11.7 Å². The quantitative estimate of drug-likeness (QED) is 0.919. The molecule has 1 atom stereocenters. The first kappa shape index (κ1) is 14.3. The molecule has 110 valence electrons. The van der Waals surface area contributed by atoms with Crippen molar-refractivity contribution in [1.82, 2.24) is 10.2 Å². The maximum atomic E-state index is 13.4. The van der Waals surface area contributed by atoms with Gasteiger partial charge in [0.25, 0.3) is 0 Å². The number of rotatable bonds is 3. The van der Waals surface area contributed by atoms with E-state index in [0.29, 0.717) is 17.6 Å². The fourth-order valence-electron chi connectivity index (χ4n) is 3.00. The lowest BCUT2D eigenvalue weighted by Gasteiger charge is -2.46. The summed E-state index contributed by atoms with van der Waals surface area (Å²) in [5.41, 5.74) is 0.956. The van der Waals surface area contributed by atoms with Gasteiger partial charge in [-0.2, -0.15) is 0 Å². The second kappa shape index (κ2) is 5.28. The topological polar surface area (TPSA) is 15.3 Å². The van der Waals surface area contributed by atoms with Gasteiger partial charge in [0.15, 0.2) is 0 Å². The molecular formula is C16H22ClFN2. The van der Waals surface area contributed by atoms with Crippen LogP contribution in [0.25, 0.3) is 0 Å². The summed E-state index contributed by atoms with van der Waals surface area (Å²) in [4.78, 5) is 2.44. The van der Waals surface area contributed by atoms with Crippen LogP contribution in [0.3, 0.4) is 0 Å². The second-order valence-electron chi connectivity index (χ2n) is 6.75. The Bertz CT molecular complexity index is 499. The first-order valence-corrected chi connectivity index (χ1v) is 7.76. The van der Waals surface area contributed by atoms with E-state index in [1.807, 2.05) is 0 Å². The third-order valence-electron chi connectivity index (χ3n) is 4.63. The molecule has 0 bridgehead atoms. The van der Waals surface area contributed by atoms with Crippen LogP contribution in [0.5, 0.6) is 0 Å². The number of nitrogens with one attached hydrogen (secondary N) is 1. The Kier molecular flexibility index (Phi) is 3.78. The third kappa shape index (κ3) is 3.00. The molecule has 1 aliphatic carbocycles. The Morgan fingerprint density at radius 3 is 2.85 bits per heavy atom. The molecule has 1 heterocycles. The van der Waals surface area contributed by atoms with Gasteiger partial charge in [-0.15, -0.1) is 0 Å². The summed E-state index contributed by atoms with van der Waals surface area (Å²) in [6.07, 6.45) is 2.68. The minimum Gasteiger partial charge on any atom is -0.311 e. The van der Waals surface area contributed by atoms with Crippen LogP contribution in [0.1, 0.15) is 32.3 Å². The number of halogens is 2. The molecule has 20 heavy (non-hydrogen) atoms. The maximum absolute atomic E-state index is 13.4. The van der Waals surface area contributed by atoms with Crippen LogP contribution < -0.4 is 5.32 Å². The highest BCUT2D eigenvalue weighted by Gasteiger charge is 2.40. The number of hydrogen-bond acceptors (Lipinski definition) is 2. The fraction of sp³-hybridized carbons (Fsp3) is 0.625. The first-order valence-electron chi connectivity index (χ1n) is 7.38. The van der Waals surface area contributed by atoms with Crippen LogP contribution in [-0.2, 0) is 6.54 Å². The highest BCUT2D eigenvalue weighted by Crippen LogP contribution is 2.36. The Hall–Kier alpha value is -0.640. The van der Waals surface area contributed by atoms with E-state index in [0.717, 1.165) is 24.6 Å². The third-order valence-corrected chi connectivity index (χ3v) is 5.00. The minimum absolute atomic E-state index is 0.0705. The molecule has 1 saturated heterocycles. The molecule has 0 radical (unpaired) electrons. The van der Waals surface area contributed by atoms with Gasteiger partial charge in [-0.25, -0.2) is 4.39 Å². The summed E-state index contributed by atoms with van der Waals surface area (Å²) >= 11 is 6.21. The average Bonchev–Trinajstić information content (AvgIpc) is 3.20. The SMILES string of the molecule is CC1(C)CNC(C2CC2)CN1Cc1cc(F)ccc1Cl. The molecular weight excluding hydrogens is 275 g/mol. The standard InChI is InChI=1S/C16H22ClFN2/c1-16(2)10-19-15(11-3-4-11)9-20(16)8-12-7-13(18)5-6-14(12)17/h5-7,11,15,19H,3-4,8-10H2,1-2H3. The number of nitrogens with zero attached hydrogens (tertiary/aromatic N) is 1. The molecule has 1 aromatic rings. The van der Waals surface area contributed by atoms with Crippen molar-refractivity contribution in [3.8, 4) is 0 Å². The normalized spacial score (nSPS) is 26.7. The van der Waals surface area contributed by atoms with Crippen molar-refractivity contribution < 1.29 is 4.39 Å². The maximum Gasteiger partial charge on any atom is 0.123 e. The lowest BCUT2D eigenvalue weighted by Crippen LogP contribution is -2.62. The Morgan fingerprint density at radius 2 is 2.15 bits per heavy atom. The molecule has 1 saturated carbocycles. The number of benzene rings is 1. The van der Waals surface area contributed by atoms with E-state index in [4.69, 9.17) is 11.6 Å². The van der Waals surface area contributed by atoms with Crippen molar-refractivity contribution in [2.24, 2.45) is 5.92 Å². The molecule has 1 aromatic carbocycles. The van der Waals surface area contributed by atoms with E-state index in [1.165, 1.54) is 18.9 Å². The van der Waals surface area contributed by atoms with Gasteiger partial charge in [-0.1, -0.05) is 11.6 Å². The van der Waals surface area contributed by atoms with E-state index in [2.05, 4.69) is 24.1 Å². The van der Waals surface area contributed by atoms with Gasteiger partial charge in [-0.05, 0) is 56.4 Å². The molecule has 1 N–H and O–H groups in total. The van der Waals surface area contributed by atoms with Crippen LogP contribution >= 0.6 is 11.6 Å². The molecule has 2 fully saturated rings. The largest absolute Gasteiger partial charge is 0.311 e. The fourth-order valence-corrected chi connectivity index (χ4v) is 3.18. The van der Waals surface area contributed by atoms with E-state index in [1.54, 1.807) is 12.1 Å². The van der Waals surface area contributed by atoms with Crippen molar-refractivity contribution in [3.63, 3.8) is 0 Å². The molecule has 4 heteroatoms. The summed E-state index contributed by atoms with van der Waals surface area (Å²) in [6.45, 7) is 7.17. The minimum atomic E-state index is -0.212. The summed E-state index contributed by atoms with van der Waals surface area (Å²) < 4.78 is 13.4. The molecule has 0 spiro atoms. The Labute approximate surface area is 125 Å². The van der Waals surface area contributed by atoms with E-state index in [-0.39, 0.29) is 11.4 Å². The van der Waals surface area contributed by atoms with Gasteiger partial charge in [0, 0.05) is 36.2 Å². The predicted octanol–water partition coefficient (Wildman–Crippen LogP) is 3.44. The second-order valence-corrected chi connectivity index (χ2v) is 7.16. The smallest absolute Gasteiger partial charge is 0.123 e. The summed E-state index contributed by atoms with van der Waals surface area (Å²) in [6, 6.07) is 5.21. The van der Waals surface area contributed by atoms with Crippen LogP contribution in [0.2, 0.25) is 5.02 Å². The average molecular weight is 297 g/mol. The zero-order valence-corrected chi connectivity index (χ0v) is 12.9. The zero-order chi connectivity index (χ0) is 14.3. The van der Waals surface area contributed by atoms with Crippen molar-refractivity contribution in [2.75, 3.05) is 13.1 Å². The van der Waals surface area contributed by atoms with Gasteiger partial charge >= 0.3 is 0 Å². The molecule has 2 aliphatic rings. The van der Waals surface area contributed by atoms with Gasteiger partial charge in [0.05, 0.1) is 0 Å². The van der Waals surface area contributed by atoms with Crippen LogP contribution in [0.15, 0.2) is 18.2 Å². The lowest BCUT2D eigenvalue weighted by atomic mass is 9.95. The van der Waals surface area contributed by atoms with E-state index in [9.17, 15) is 4.39 Å². The predicted molar refractivity (Wildman–Crippen MR) is 80.4 cm³/mol. The first-order chi connectivity index (χ1) is 9.45. The van der Waals surface area contributed by atoms with Gasteiger partial charge in [0.1, 0.15) is 5.82 Å². The Balaban J connectivity index is 1.77. The van der Waals surface area contributed by atoms with Gasteiger partial charge in [-0.3, -0.25) is 4.90 Å². The van der Waals surface area contributed by atoms with E-state index < -0.39 is 0 Å². The molecule has 0 aromatic heterocycles. The highest BCUT2D eigenvalue weighted by atomic mass is 35.5. The summed E-state index contributed by atoms with van der Waals surface area (Å²) in [5.74, 6) is 0.618. The van der Waals surface area contributed by atoms with Crippen molar-refractivity contribution in [1.29, 1.82) is 0 Å². The molecule has 0 amide bonds. The highest BCUT2D eigenvalue weighted by molar-refractivity contribution is 6.31. The van der Waals surface area contributed by atoms with Gasteiger partial charge in [0.2, 0.25) is 0 Å². The van der Waals surface area contributed by atoms with Crippen molar-refractivity contribution >= 4 is 11.6 Å². The van der Waals surface area contributed by atoms with E-state index >= 15 is 0 Å². The van der Waals surface area contributed by atoms with Crippen molar-refractivity contribution in [2.45, 2.75) is 44.8 Å². The molecule has 3 rings (SSSR count). The Morgan fingerprint density at radius 1 is 1.40 bits per heavy atom. The monoisotopic (exact) mass is 296 g/mol. The van der Waals surface area contributed by atoms with Crippen LogP contribution in [-0.4, -0.2) is 29.6 Å². The zero-order valence-electron chi connectivity index (χ0n) is 12.1. The van der Waals surface area contributed by atoms with Crippen LogP contribution in [0.4, 0.5) is 4.39 Å². The molecule has 2 nitrogen and oxygen atoms in total. The van der Waals surface area contributed by atoms with Gasteiger partial charge < -0.3 is 5.32 Å². The molecule has 1 unspecified atom stereocenters. The number of hydrogen-bond donors (Lipinski definition) is 1. The summed E-state index contributed by atoms with van der Waals surface area (Å²) in [5, 5.41) is 4.32. The number of piperazine rings is 1. The lowest BCUT2D eigenvalue weighted by molar-refractivity contribution is 0.0533. The molecule has 1 aliphatic heterocycles.